The molecule has 2 aromatic heterocycles. The van der Waals surface area contributed by atoms with Gasteiger partial charge in [0.1, 0.15) is 17.5 Å². The first kappa shape index (κ1) is 20.4. The molecule has 6 nitrogen and oxygen atoms in total. The van der Waals surface area contributed by atoms with Crippen molar-refractivity contribution in [3.63, 3.8) is 0 Å². The lowest BCUT2D eigenvalue weighted by Gasteiger charge is -2.03. The van der Waals surface area contributed by atoms with E-state index in [4.69, 9.17) is 5.73 Å². The normalized spacial score (nSPS) is 8.91. The summed E-state index contributed by atoms with van der Waals surface area (Å²) in [5, 5.41) is 8.33. The average molecular weight is 311 g/mol. The van der Waals surface area contributed by atoms with Crippen molar-refractivity contribution in [2.75, 3.05) is 11.1 Å². The van der Waals surface area contributed by atoms with Gasteiger partial charge in [-0.1, -0.05) is 45.9 Å². The summed E-state index contributed by atoms with van der Waals surface area (Å²) in [5.41, 5.74) is 7.53. The number of nitrogens with two attached hydrogens (primary N) is 1. The number of benzene rings is 1. The van der Waals surface area contributed by atoms with Gasteiger partial charge in [-0.2, -0.15) is 5.10 Å². The van der Waals surface area contributed by atoms with Gasteiger partial charge in [-0.05, 0) is 12.1 Å². The summed E-state index contributed by atoms with van der Waals surface area (Å²) in [5.74, 6) is 1.09. The smallest absolute Gasteiger partial charge is 0.165 e. The number of nitrogen functional groups attached to an aromatic ring is 1. The van der Waals surface area contributed by atoms with E-state index < -0.39 is 0 Å². The van der Waals surface area contributed by atoms with E-state index in [1.54, 1.807) is 4.68 Å². The molecule has 7 heteroatoms. The third kappa shape index (κ3) is 4.71. The standard InChI is InChI=1S/C12H12N6.2C2H6.B/c1-18-12-9(10(13)14-7-15-12)11(17-18)16-8-5-3-2-4-6-8;2*1-2;/h2-7H,1H3,(H,16,17)(H2,13,14,15);2*1-2H3;. The van der Waals surface area contributed by atoms with Crippen molar-refractivity contribution in [1.29, 1.82) is 0 Å². The summed E-state index contributed by atoms with van der Waals surface area (Å²) in [6.07, 6.45) is 1.44. The van der Waals surface area contributed by atoms with Gasteiger partial charge in [-0.25, -0.2) is 14.6 Å². The Balaban J connectivity index is 0.000000901. The number of fused-ring (bicyclic) bond motifs is 1. The number of anilines is 3. The van der Waals surface area contributed by atoms with Crippen LogP contribution in [0.5, 0.6) is 0 Å². The van der Waals surface area contributed by atoms with Crippen LogP contribution in [-0.4, -0.2) is 28.2 Å². The summed E-state index contributed by atoms with van der Waals surface area (Å²) in [6.45, 7) is 8.00. The van der Waals surface area contributed by atoms with Crippen LogP contribution in [0.2, 0.25) is 0 Å². The van der Waals surface area contributed by atoms with E-state index in [0.29, 0.717) is 17.3 Å². The second kappa shape index (κ2) is 10.2. The molecule has 3 aromatic rings. The average Bonchev–Trinajstić information content (AvgIpc) is 2.90. The molecule has 2 heterocycles. The van der Waals surface area contributed by atoms with E-state index in [2.05, 4.69) is 20.4 Å². The number of nitrogens with one attached hydrogen (secondary N) is 1. The Labute approximate surface area is 139 Å². The highest BCUT2D eigenvalue weighted by Gasteiger charge is 2.13. The van der Waals surface area contributed by atoms with Gasteiger partial charge in [0, 0.05) is 21.1 Å². The predicted molar refractivity (Wildman–Crippen MR) is 98.9 cm³/mol. The number of nitrogens with zero attached hydrogens (tertiary/aromatic N) is 4. The van der Waals surface area contributed by atoms with Crippen LogP contribution in [0, 0.1) is 0 Å². The Morgan fingerprint density at radius 3 is 2.22 bits per heavy atom. The summed E-state index contributed by atoms with van der Waals surface area (Å²) in [4.78, 5) is 8.17. The first-order valence-electron chi connectivity index (χ1n) is 7.51. The summed E-state index contributed by atoms with van der Waals surface area (Å²) in [7, 11) is 1.82. The zero-order chi connectivity index (χ0) is 16.5. The topological polar surface area (TPSA) is 81.7 Å². The number of rotatable bonds is 2. The van der Waals surface area contributed by atoms with Gasteiger partial charge in [0.25, 0.3) is 0 Å². The molecular weight excluding hydrogens is 287 g/mol. The van der Waals surface area contributed by atoms with Crippen molar-refractivity contribution in [3.05, 3.63) is 36.7 Å². The fourth-order valence-electron chi connectivity index (χ4n) is 1.86. The van der Waals surface area contributed by atoms with Gasteiger partial charge in [0.2, 0.25) is 0 Å². The maximum absolute atomic E-state index is 5.88. The molecule has 3 rings (SSSR count). The molecule has 0 spiro atoms. The molecule has 0 bridgehead atoms. The first-order chi connectivity index (χ1) is 10.8. The molecule has 1 aromatic carbocycles. The maximum Gasteiger partial charge on any atom is 0.165 e. The van der Waals surface area contributed by atoms with E-state index in [9.17, 15) is 0 Å². The van der Waals surface area contributed by atoms with Gasteiger partial charge in [-0.3, -0.25) is 0 Å². The Bertz CT molecular complexity index is 696. The molecule has 3 radical (unpaired) electrons. The predicted octanol–water partition coefficient (Wildman–Crippen LogP) is 3.36. The molecule has 23 heavy (non-hydrogen) atoms. The maximum atomic E-state index is 5.88. The van der Waals surface area contributed by atoms with Crippen LogP contribution in [0.15, 0.2) is 36.7 Å². The summed E-state index contributed by atoms with van der Waals surface area (Å²) in [6, 6.07) is 9.78. The van der Waals surface area contributed by atoms with Crippen LogP contribution in [0.1, 0.15) is 27.7 Å². The number of hydrogen-bond acceptors (Lipinski definition) is 5. The highest BCUT2D eigenvalue weighted by atomic mass is 15.3. The molecule has 121 valence electrons. The highest BCUT2D eigenvalue weighted by Crippen LogP contribution is 2.27. The van der Waals surface area contributed by atoms with Crippen molar-refractivity contribution in [2.24, 2.45) is 7.05 Å². The van der Waals surface area contributed by atoms with Gasteiger partial charge < -0.3 is 11.1 Å². The number of aromatic nitrogens is 4. The van der Waals surface area contributed by atoms with Gasteiger partial charge in [-0.15, -0.1) is 0 Å². The fourth-order valence-corrected chi connectivity index (χ4v) is 1.86. The largest absolute Gasteiger partial charge is 0.383 e. The van der Waals surface area contributed by atoms with E-state index in [1.165, 1.54) is 6.33 Å². The molecule has 0 atom stereocenters. The van der Waals surface area contributed by atoms with E-state index in [1.807, 2.05) is 65.1 Å². The van der Waals surface area contributed by atoms with Gasteiger partial charge >= 0.3 is 0 Å². The number of hydrogen-bond donors (Lipinski definition) is 2. The minimum absolute atomic E-state index is 0. The van der Waals surface area contributed by atoms with E-state index in [-0.39, 0.29) is 8.41 Å². The lowest BCUT2D eigenvalue weighted by Crippen LogP contribution is -1.95. The quantitative estimate of drug-likeness (QED) is 0.709. The van der Waals surface area contributed by atoms with Crippen molar-refractivity contribution in [1.82, 2.24) is 19.7 Å². The molecule has 3 N–H and O–H groups in total. The number of para-hydroxylation sites is 1. The Morgan fingerprint density at radius 1 is 1.00 bits per heavy atom. The molecular formula is C16H24BN6. The minimum Gasteiger partial charge on any atom is -0.383 e. The SMILES string of the molecule is CC.CC.Cn1nc(Nc2ccccc2)c2c(N)ncnc21.[B]. The van der Waals surface area contributed by atoms with Crippen LogP contribution >= 0.6 is 0 Å². The first-order valence-corrected chi connectivity index (χ1v) is 7.51. The van der Waals surface area contributed by atoms with Gasteiger partial charge in [0.15, 0.2) is 11.5 Å². The third-order valence-corrected chi connectivity index (χ3v) is 2.69. The van der Waals surface area contributed by atoms with Crippen molar-refractivity contribution in [2.45, 2.75) is 27.7 Å². The summed E-state index contributed by atoms with van der Waals surface area (Å²) >= 11 is 0. The van der Waals surface area contributed by atoms with E-state index in [0.717, 1.165) is 11.1 Å². The number of aryl methyl sites for hydroxylation is 1. The Hall–Kier alpha value is -2.57. The second-order valence-corrected chi connectivity index (χ2v) is 3.92. The van der Waals surface area contributed by atoms with E-state index >= 15 is 0 Å². The summed E-state index contributed by atoms with van der Waals surface area (Å²) < 4.78 is 1.68. The zero-order valence-corrected chi connectivity index (χ0v) is 14.4. The Morgan fingerprint density at radius 2 is 1.61 bits per heavy atom. The fraction of sp³-hybridized carbons (Fsp3) is 0.312. The Kier molecular flexibility index (Phi) is 9.07. The molecule has 0 unspecified atom stereocenters. The van der Waals surface area contributed by atoms with Crippen molar-refractivity contribution >= 4 is 36.8 Å². The van der Waals surface area contributed by atoms with Crippen molar-refractivity contribution in [3.8, 4) is 0 Å². The van der Waals surface area contributed by atoms with Crippen molar-refractivity contribution < 1.29 is 0 Å². The van der Waals surface area contributed by atoms with Crippen LogP contribution in [0.25, 0.3) is 11.0 Å². The molecule has 0 aliphatic rings. The molecule has 0 amide bonds. The second-order valence-electron chi connectivity index (χ2n) is 3.92. The third-order valence-electron chi connectivity index (χ3n) is 2.69. The van der Waals surface area contributed by atoms with Crippen LogP contribution < -0.4 is 11.1 Å². The lowest BCUT2D eigenvalue weighted by molar-refractivity contribution is 0.789. The van der Waals surface area contributed by atoms with Gasteiger partial charge in [0.05, 0.1) is 0 Å². The van der Waals surface area contributed by atoms with Crippen LogP contribution in [0.4, 0.5) is 17.3 Å². The highest BCUT2D eigenvalue weighted by molar-refractivity contribution is 5.97. The molecule has 0 aliphatic carbocycles. The molecule has 0 aliphatic heterocycles. The molecule has 0 fully saturated rings. The monoisotopic (exact) mass is 311 g/mol. The van der Waals surface area contributed by atoms with Crippen LogP contribution in [-0.2, 0) is 7.05 Å². The lowest BCUT2D eigenvalue weighted by atomic mass is 10.3. The minimum atomic E-state index is 0. The van der Waals surface area contributed by atoms with Crippen LogP contribution in [0.3, 0.4) is 0 Å². The zero-order valence-electron chi connectivity index (χ0n) is 14.4. The molecule has 0 saturated carbocycles. The molecule has 0 saturated heterocycles.